The van der Waals surface area contributed by atoms with E-state index < -0.39 is 18.0 Å². The Hall–Kier alpha value is -1.18. The minimum absolute atomic E-state index is 0.273. The second-order valence-electron chi connectivity index (χ2n) is 4.35. The van der Waals surface area contributed by atoms with Crippen LogP contribution in [-0.2, 0) is 33.6 Å². The fourth-order valence-electron chi connectivity index (χ4n) is 1.62. The zero-order valence-corrected chi connectivity index (χ0v) is 11.5. The second-order valence-corrected chi connectivity index (χ2v) is 4.35. The van der Waals surface area contributed by atoms with Crippen molar-refractivity contribution in [2.45, 2.75) is 51.6 Å². The van der Waals surface area contributed by atoms with E-state index in [9.17, 15) is 9.59 Å². The Labute approximate surface area is 112 Å². The van der Waals surface area contributed by atoms with Gasteiger partial charge in [0.2, 0.25) is 0 Å². The van der Waals surface area contributed by atoms with E-state index in [0.29, 0.717) is 13.0 Å². The van der Waals surface area contributed by atoms with E-state index in [-0.39, 0.29) is 5.97 Å². The molecule has 1 heterocycles. The normalized spacial score (nSPS) is 26.2. The van der Waals surface area contributed by atoms with Crippen molar-refractivity contribution in [3.63, 3.8) is 0 Å². The lowest BCUT2D eigenvalue weighted by atomic mass is 10.2. The van der Waals surface area contributed by atoms with Crippen LogP contribution in [0.5, 0.6) is 0 Å². The molecule has 7 nitrogen and oxygen atoms in total. The van der Waals surface area contributed by atoms with E-state index in [2.05, 4.69) is 4.74 Å². The van der Waals surface area contributed by atoms with E-state index in [1.807, 2.05) is 0 Å². The van der Waals surface area contributed by atoms with Crippen LogP contribution >= 0.6 is 0 Å². The molecule has 19 heavy (non-hydrogen) atoms. The summed E-state index contributed by atoms with van der Waals surface area (Å²) in [6, 6.07) is 0. The van der Waals surface area contributed by atoms with E-state index >= 15 is 0 Å². The van der Waals surface area contributed by atoms with Gasteiger partial charge < -0.3 is 14.2 Å². The molecule has 1 fully saturated rings. The fourth-order valence-corrected chi connectivity index (χ4v) is 1.62. The molecule has 1 aliphatic heterocycles. The maximum atomic E-state index is 11.4. The van der Waals surface area contributed by atoms with Gasteiger partial charge in [0, 0.05) is 20.3 Å². The van der Waals surface area contributed by atoms with E-state index in [1.54, 1.807) is 0 Å². The molecule has 110 valence electrons. The van der Waals surface area contributed by atoms with E-state index in [0.717, 1.165) is 19.3 Å². The van der Waals surface area contributed by atoms with Gasteiger partial charge in [-0.25, -0.2) is 9.68 Å². The molecular weight excluding hydrogens is 256 g/mol. The quantitative estimate of drug-likeness (QED) is 0.394. The summed E-state index contributed by atoms with van der Waals surface area (Å²) >= 11 is 0. The van der Waals surface area contributed by atoms with Gasteiger partial charge in [0.1, 0.15) is 0 Å². The Morgan fingerprint density at radius 2 is 2.00 bits per heavy atom. The van der Waals surface area contributed by atoms with Crippen LogP contribution in [0.15, 0.2) is 0 Å². The number of hydrogen-bond donors (Lipinski definition) is 0. The molecule has 0 aromatic carbocycles. The highest BCUT2D eigenvalue weighted by Gasteiger charge is 2.47. The van der Waals surface area contributed by atoms with Crippen LogP contribution in [-0.4, -0.2) is 37.7 Å². The number of unbranched alkanes of at least 4 members (excludes halogenated alkanes) is 2. The first-order valence-corrected chi connectivity index (χ1v) is 6.22. The van der Waals surface area contributed by atoms with Crippen molar-refractivity contribution >= 4 is 11.9 Å². The fraction of sp³-hybridized carbons (Fsp3) is 0.833. The number of methoxy groups -OCH3 is 1. The van der Waals surface area contributed by atoms with Gasteiger partial charge in [-0.2, -0.15) is 4.89 Å². The molecule has 0 radical (unpaired) electrons. The monoisotopic (exact) mass is 276 g/mol. The van der Waals surface area contributed by atoms with Gasteiger partial charge in [-0.1, -0.05) is 0 Å². The standard InChI is InChI=1S/C12H20O7/c1-9(13)16-8-6-4-5-7-10-17-12(2,19-18-10)11(14)15-3/h10H,4-8H2,1-3H3. The largest absolute Gasteiger partial charge is 0.466 e. The van der Waals surface area contributed by atoms with Crippen molar-refractivity contribution in [3.05, 3.63) is 0 Å². The van der Waals surface area contributed by atoms with Crippen LogP contribution in [0.2, 0.25) is 0 Å². The lowest BCUT2D eigenvalue weighted by Gasteiger charge is -2.16. The summed E-state index contributed by atoms with van der Waals surface area (Å²) in [7, 11) is 1.25. The molecule has 0 spiro atoms. The highest BCUT2D eigenvalue weighted by molar-refractivity contribution is 5.77. The van der Waals surface area contributed by atoms with E-state index in [4.69, 9.17) is 19.2 Å². The number of hydrogen-bond acceptors (Lipinski definition) is 7. The SMILES string of the molecule is COC(=O)C1(C)OOC(CCCCCOC(C)=O)O1. The predicted molar refractivity (Wildman–Crippen MR) is 62.6 cm³/mol. The molecule has 0 amide bonds. The summed E-state index contributed by atoms with van der Waals surface area (Å²) in [4.78, 5) is 31.7. The van der Waals surface area contributed by atoms with Gasteiger partial charge in [-0.05, 0) is 19.3 Å². The molecule has 1 rings (SSSR count). The van der Waals surface area contributed by atoms with Crippen molar-refractivity contribution in [2.75, 3.05) is 13.7 Å². The topological polar surface area (TPSA) is 80.3 Å². The van der Waals surface area contributed by atoms with Crippen LogP contribution in [0.4, 0.5) is 0 Å². The summed E-state index contributed by atoms with van der Waals surface area (Å²) in [5.41, 5.74) is 0. The van der Waals surface area contributed by atoms with E-state index in [1.165, 1.54) is 21.0 Å². The number of carbonyl (C=O) groups excluding carboxylic acids is 2. The first kappa shape index (κ1) is 15.9. The Balaban J connectivity index is 2.12. The first-order valence-electron chi connectivity index (χ1n) is 6.22. The third kappa shape index (κ3) is 5.14. The highest BCUT2D eigenvalue weighted by atomic mass is 17.3. The lowest BCUT2D eigenvalue weighted by Crippen LogP contribution is -2.38. The third-order valence-electron chi connectivity index (χ3n) is 2.62. The molecule has 0 N–H and O–H groups in total. The van der Waals surface area contributed by atoms with Crippen LogP contribution in [0.3, 0.4) is 0 Å². The number of esters is 2. The Kier molecular flexibility index (Phi) is 6.20. The molecule has 1 aliphatic rings. The molecule has 2 atom stereocenters. The van der Waals surface area contributed by atoms with Crippen molar-refractivity contribution in [3.8, 4) is 0 Å². The Morgan fingerprint density at radius 3 is 2.63 bits per heavy atom. The van der Waals surface area contributed by atoms with Gasteiger partial charge in [0.15, 0.2) is 6.29 Å². The lowest BCUT2D eigenvalue weighted by molar-refractivity contribution is -0.321. The van der Waals surface area contributed by atoms with Gasteiger partial charge in [-0.15, -0.1) is 0 Å². The van der Waals surface area contributed by atoms with Gasteiger partial charge in [0.25, 0.3) is 5.79 Å². The zero-order valence-electron chi connectivity index (χ0n) is 11.5. The maximum Gasteiger partial charge on any atom is 0.369 e. The molecule has 0 aromatic rings. The maximum absolute atomic E-state index is 11.4. The molecule has 1 saturated heterocycles. The molecule has 0 aromatic heterocycles. The van der Waals surface area contributed by atoms with Crippen molar-refractivity contribution < 1.29 is 33.6 Å². The highest BCUT2D eigenvalue weighted by Crippen LogP contribution is 2.28. The van der Waals surface area contributed by atoms with Crippen molar-refractivity contribution in [1.82, 2.24) is 0 Å². The summed E-state index contributed by atoms with van der Waals surface area (Å²) in [5.74, 6) is -2.40. The summed E-state index contributed by atoms with van der Waals surface area (Å²) in [5, 5.41) is 0. The summed E-state index contributed by atoms with van der Waals surface area (Å²) in [6.45, 7) is 3.24. The van der Waals surface area contributed by atoms with Crippen LogP contribution < -0.4 is 0 Å². The Bertz CT molecular complexity index is 317. The number of carbonyl (C=O) groups is 2. The van der Waals surface area contributed by atoms with Gasteiger partial charge >= 0.3 is 11.9 Å². The minimum atomic E-state index is -1.49. The van der Waals surface area contributed by atoms with Crippen molar-refractivity contribution in [2.24, 2.45) is 0 Å². The summed E-state index contributed by atoms with van der Waals surface area (Å²) in [6.07, 6.45) is 2.46. The van der Waals surface area contributed by atoms with Crippen LogP contribution in [0, 0.1) is 0 Å². The molecule has 0 bridgehead atoms. The molecule has 7 heteroatoms. The first-order chi connectivity index (χ1) is 8.98. The van der Waals surface area contributed by atoms with Crippen LogP contribution in [0.1, 0.15) is 39.5 Å². The Morgan fingerprint density at radius 1 is 1.26 bits per heavy atom. The molecule has 0 saturated carbocycles. The summed E-state index contributed by atoms with van der Waals surface area (Å²) < 4.78 is 14.7. The molecule has 0 aliphatic carbocycles. The molecular formula is C12H20O7. The number of ether oxygens (including phenoxy) is 3. The zero-order chi connectivity index (χ0) is 14.3. The average Bonchev–Trinajstić information content (AvgIpc) is 2.75. The average molecular weight is 276 g/mol. The van der Waals surface area contributed by atoms with Crippen LogP contribution in [0.25, 0.3) is 0 Å². The smallest absolute Gasteiger partial charge is 0.369 e. The molecule has 2 unspecified atom stereocenters. The second kappa shape index (κ2) is 7.42. The number of rotatable bonds is 7. The predicted octanol–water partition coefficient (Wildman–Crippen LogP) is 1.30. The third-order valence-corrected chi connectivity index (χ3v) is 2.62. The van der Waals surface area contributed by atoms with Crippen molar-refractivity contribution in [1.29, 1.82) is 0 Å². The minimum Gasteiger partial charge on any atom is -0.466 e. The van der Waals surface area contributed by atoms with Gasteiger partial charge in [0.05, 0.1) is 13.7 Å². The van der Waals surface area contributed by atoms with Gasteiger partial charge in [-0.3, -0.25) is 4.79 Å².